The number of nitrogens with zero attached hydrogens (tertiary/aromatic N) is 2. The van der Waals surface area contributed by atoms with Crippen molar-refractivity contribution in [2.45, 2.75) is 64.7 Å². The Morgan fingerprint density at radius 3 is 2.19 bits per heavy atom. The molecule has 4 aromatic carbocycles. The van der Waals surface area contributed by atoms with Crippen LogP contribution in [0, 0.1) is 5.41 Å². The lowest BCUT2D eigenvalue weighted by molar-refractivity contribution is 0.0186. The van der Waals surface area contributed by atoms with E-state index in [9.17, 15) is 18.0 Å². The molecule has 3 fully saturated rings. The Balaban J connectivity index is 1.05. The van der Waals surface area contributed by atoms with Gasteiger partial charge >= 0.3 is 6.03 Å². The van der Waals surface area contributed by atoms with Gasteiger partial charge in [-0.2, -0.15) is 0 Å². The topological polar surface area (TPSA) is 148 Å². The molecule has 0 unspecified atom stereocenters. The standard InChI is InChI=1S/C46H53N5O7S/c1-45(2,3)31-27-38(43(57-5)39(28-31)50-59(6,54)55)49-44(53)48-37-13-14-41(35-10-8-7-9-34(35)37)58-33-16-21-47-32(29-33)25-30-11-12-36(42(26-30)56-4)40(52)15-17-46-18-22-51(23-19-46)24-20-46/h7-14,16,21,26-29,50H,15,17-20,22-25H2,1-6H3,(H2,48,49,53). The van der Waals surface area contributed by atoms with E-state index < -0.39 is 16.1 Å². The monoisotopic (exact) mass is 819 g/mol. The molecular formula is C46H53N5O7S. The molecule has 5 aromatic rings. The number of benzene rings is 4. The summed E-state index contributed by atoms with van der Waals surface area (Å²) in [7, 11) is -0.614. The van der Waals surface area contributed by atoms with Gasteiger partial charge in [0.1, 0.15) is 17.2 Å². The van der Waals surface area contributed by atoms with Crippen LogP contribution in [0.2, 0.25) is 0 Å². The van der Waals surface area contributed by atoms with E-state index in [1.165, 1.54) is 26.4 Å². The zero-order chi connectivity index (χ0) is 42.0. The van der Waals surface area contributed by atoms with Crippen LogP contribution < -0.4 is 29.6 Å². The second-order valence-electron chi connectivity index (χ2n) is 16.8. The molecule has 13 heteroatoms. The number of fused-ring (bicyclic) bond motifs is 4. The molecule has 4 heterocycles. The van der Waals surface area contributed by atoms with Gasteiger partial charge in [-0.05, 0) is 110 Å². The molecule has 3 aliphatic heterocycles. The summed E-state index contributed by atoms with van der Waals surface area (Å²) in [6.07, 6.45) is 8.30. The van der Waals surface area contributed by atoms with Gasteiger partial charge in [0, 0.05) is 41.6 Å². The van der Waals surface area contributed by atoms with Gasteiger partial charge in [-0.15, -0.1) is 0 Å². The second-order valence-corrected chi connectivity index (χ2v) is 18.5. The SMILES string of the molecule is COc1cc(Cc2cc(Oc3ccc(NC(=O)Nc4cc(C(C)(C)C)cc(NS(C)(=O)=O)c4OC)c4ccccc34)ccn2)ccc1C(=O)CCC12CCN(CC1)CC2. The summed E-state index contributed by atoms with van der Waals surface area (Å²) in [6.45, 7) is 9.42. The Labute approximate surface area is 346 Å². The van der Waals surface area contributed by atoms with E-state index >= 15 is 0 Å². The lowest BCUT2D eigenvalue weighted by Crippen LogP contribution is -2.48. The maximum Gasteiger partial charge on any atom is 0.323 e. The first kappa shape index (κ1) is 41.5. The first-order valence-corrected chi connectivity index (χ1v) is 21.9. The largest absolute Gasteiger partial charge is 0.496 e. The molecule has 0 radical (unpaired) electrons. The van der Waals surface area contributed by atoms with Gasteiger partial charge in [0.15, 0.2) is 11.5 Å². The molecule has 0 aliphatic carbocycles. The van der Waals surface area contributed by atoms with Crippen molar-refractivity contribution in [2.75, 3.05) is 55.5 Å². The predicted molar refractivity (Wildman–Crippen MR) is 233 cm³/mol. The van der Waals surface area contributed by atoms with Crippen molar-refractivity contribution >= 4 is 49.7 Å². The molecular weight excluding hydrogens is 767 g/mol. The van der Waals surface area contributed by atoms with Crippen LogP contribution in [-0.2, 0) is 21.9 Å². The van der Waals surface area contributed by atoms with Crippen LogP contribution in [-0.4, -0.2) is 70.2 Å². The van der Waals surface area contributed by atoms with Crippen molar-refractivity contribution < 1.29 is 32.2 Å². The molecule has 2 amide bonds. The highest BCUT2D eigenvalue weighted by Gasteiger charge is 2.39. The number of Topliss-reactive ketones (excluding diaryl/α,β-unsaturated/α-hetero) is 1. The van der Waals surface area contributed by atoms with Gasteiger partial charge in [0.25, 0.3) is 0 Å². The number of pyridine rings is 1. The molecule has 310 valence electrons. The second kappa shape index (κ2) is 16.9. The molecule has 12 nitrogen and oxygen atoms in total. The van der Waals surface area contributed by atoms with Crippen LogP contribution in [0.1, 0.15) is 80.1 Å². The number of anilines is 3. The normalized spacial score (nSPS) is 17.6. The zero-order valence-electron chi connectivity index (χ0n) is 34.6. The number of urea groups is 1. The van der Waals surface area contributed by atoms with E-state index in [4.69, 9.17) is 14.2 Å². The average Bonchev–Trinajstić information content (AvgIpc) is 3.20. The van der Waals surface area contributed by atoms with E-state index in [1.54, 1.807) is 43.6 Å². The molecule has 8 rings (SSSR count). The molecule has 1 aromatic heterocycles. The van der Waals surface area contributed by atoms with Gasteiger partial charge in [0.2, 0.25) is 10.0 Å². The lowest BCUT2D eigenvalue weighted by Gasteiger charge is -2.48. The third kappa shape index (κ3) is 9.80. The van der Waals surface area contributed by atoms with Gasteiger partial charge < -0.3 is 29.7 Å². The van der Waals surface area contributed by atoms with Crippen LogP contribution in [0.3, 0.4) is 0 Å². The van der Waals surface area contributed by atoms with E-state index in [1.807, 2.05) is 69.3 Å². The molecule has 0 atom stereocenters. The number of hydrogen-bond acceptors (Lipinski definition) is 9. The van der Waals surface area contributed by atoms with Gasteiger partial charge in [0.05, 0.1) is 43.1 Å². The Morgan fingerprint density at radius 2 is 1.51 bits per heavy atom. The highest BCUT2D eigenvalue weighted by molar-refractivity contribution is 7.92. The molecule has 0 spiro atoms. The van der Waals surface area contributed by atoms with E-state index in [-0.39, 0.29) is 22.6 Å². The minimum Gasteiger partial charge on any atom is -0.496 e. The summed E-state index contributed by atoms with van der Waals surface area (Å²) < 4.78 is 44.6. The molecule has 3 N–H and O–H groups in total. The van der Waals surface area contributed by atoms with Crippen LogP contribution in [0.15, 0.2) is 85.1 Å². The first-order chi connectivity index (χ1) is 28.1. The Kier molecular flexibility index (Phi) is 11.9. The van der Waals surface area contributed by atoms with Crippen molar-refractivity contribution in [3.8, 4) is 23.0 Å². The number of hydrogen-bond donors (Lipinski definition) is 3. The predicted octanol–water partition coefficient (Wildman–Crippen LogP) is 9.40. The lowest BCUT2D eigenvalue weighted by atomic mass is 9.69. The molecule has 59 heavy (non-hydrogen) atoms. The molecule has 3 saturated heterocycles. The number of sulfonamides is 1. The van der Waals surface area contributed by atoms with Crippen molar-refractivity contribution in [1.29, 1.82) is 0 Å². The van der Waals surface area contributed by atoms with Gasteiger partial charge in [-0.3, -0.25) is 14.5 Å². The van der Waals surface area contributed by atoms with Crippen LogP contribution >= 0.6 is 0 Å². The Bertz CT molecular complexity index is 2480. The number of piperidine rings is 3. The fraction of sp³-hybridized carbons (Fsp3) is 0.370. The Hall–Kier alpha value is -5.66. The maximum atomic E-state index is 13.5. The number of aromatic nitrogens is 1. The Morgan fingerprint density at radius 1 is 0.814 bits per heavy atom. The van der Waals surface area contributed by atoms with Crippen molar-refractivity contribution in [1.82, 2.24) is 9.88 Å². The zero-order valence-corrected chi connectivity index (χ0v) is 35.4. The van der Waals surface area contributed by atoms with Crippen molar-refractivity contribution in [3.63, 3.8) is 0 Å². The molecule has 0 saturated carbocycles. The van der Waals surface area contributed by atoms with Crippen LogP contribution in [0.4, 0.5) is 21.9 Å². The first-order valence-electron chi connectivity index (χ1n) is 20.0. The summed E-state index contributed by atoms with van der Waals surface area (Å²) in [5.74, 6) is 2.07. The van der Waals surface area contributed by atoms with Crippen LogP contribution in [0.5, 0.6) is 23.0 Å². The number of ketones is 1. The van der Waals surface area contributed by atoms with Gasteiger partial charge in [-0.25, -0.2) is 13.2 Å². The van der Waals surface area contributed by atoms with Crippen molar-refractivity contribution in [2.24, 2.45) is 5.41 Å². The molecule has 2 bridgehead atoms. The summed E-state index contributed by atoms with van der Waals surface area (Å²) in [4.78, 5) is 34.1. The number of carbonyl (C=O) groups excluding carboxylic acids is 2. The minimum absolute atomic E-state index is 0.127. The highest BCUT2D eigenvalue weighted by Crippen LogP contribution is 2.44. The number of methoxy groups -OCH3 is 2. The third-order valence-corrected chi connectivity index (χ3v) is 12.2. The molecule has 3 aliphatic rings. The number of rotatable bonds is 14. The minimum atomic E-state index is -3.64. The summed E-state index contributed by atoms with van der Waals surface area (Å²) in [5.41, 5.74) is 4.17. The number of amides is 2. The summed E-state index contributed by atoms with van der Waals surface area (Å²) >= 11 is 0. The number of nitrogens with one attached hydrogen (secondary N) is 3. The number of carbonyl (C=O) groups is 2. The third-order valence-electron chi connectivity index (χ3n) is 11.6. The van der Waals surface area contributed by atoms with Crippen LogP contribution in [0.25, 0.3) is 10.8 Å². The average molecular weight is 820 g/mol. The highest BCUT2D eigenvalue weighted by atomic mass is 32.2. The van der Waals surface area contributed by atoms with Gasteiger partial charge in [-0.1, -0.05) is 51.1 Å². The number of ether oxygens (including phenoxy) is 3. The summed E-state index contributed by atoms with van der Waals surface area (Å²) in [6, 6.07) is 23.6. The van der Waals surface area contributed by atoms with Crippen molar-refractivity contribution in [3.05, 3.63) is 107 Å². The van der Waals surface area contributed by atoms with E-state index in [0.29, 0.717) is 52.4 Å². The maximum absolute atomic E-state index is 13.5. The van der Waals surface area contributed by atoms with E-state index in [2.05, 4.69) is 25.2 Å². The smallest absolute Gasteiger partial charge is 0.323 e. The van der Waals surface area contributed by atoms with E-state index in [0.717, 1.165) is 59.9 Å². The quantitative estimate of drug-likeness (QED) is 0.0933. The summed E-state index contributed by atoms with van der Waals surface area (Å²) in [5, 5.41) is 7.32. The fourth-order valence-electron chi connectivity index (χ4n) is 8.21. The fourth-order valence-corrected chi connectivity index (χ4v) is 8.76.